The van der Waals surface area contributed by atoms with Crippen LogP contribution in [-0.4, -0.2) is 38.9 Å². The maximum Gasteiger partial charge on any atom is 0.330 e. The number of likely N-dealkylation sites (N-methyl/N-ethyl adjacent to an activating group) is 1. The third-order valence-corrected chi connectivity index (χ3v) is 8.74. The lowest BCUT2D eigenvalue weighted by Crippen LogP contribution is -2.38. The van der Waals surface area contributed by atoms with Crippen molar-refractivity contribution in [3.63, 3.8) is 0 Å². The second-order valence-electron chi connectivity index (χ2n) is 9.99. The minimum atomic E-state index is -0.685. The zero-order valence-electron chi connectivity index (χ0n) is 20.2. The fourth-order valence-electron chi connectivity index (χ4n) is 6.05. The van der Waals surface area contributed by atoms with Crippen molar-refractivity contribution in [2.24, 2.45) is 0 Å². The highest BCUT2D eigenvalue weighted by Gasteiger charge is 2.51. The minimum absolute atomic E-state index is 0.0562. The lowest BCUT2D eigenvalue weighted by molar-refractivity contribution is -0.121. The molecule has 3 amide bonds. The van der Waals surface area contributed by atoms with Crippen molar-refractivity contribution < 1.29 is 14.4 Å². The van der Waals surface area contributed by atoms with Crippen LogP contribution in [0.1, 0.15) is 16.7 Å². The van der Waals surface area contributed by atoms with Gasteiger partial charge in [-0.05, 0) is 76.9 Å². The molecule has 2 N–H and O–H groups in total. The minimum Gasteiger partial charge on any atom is -0.325 e. The van der Waals surface area contributed by atoms with E-state index >= 15 is 0 Å². The van der Waals surface area contributed by atoms with Crippen molar-refractivity contribution in [3.8, 4) is 0 Å². The Labute approximate surface area is 229 Å². The van der Waals surface area contributed by atoms with Gasteiger partial charge in [0.1, 0.15) is 18.9 Å². The van der Waals surface area contributed by atoms with Crippen molar-refractivity contribution >= 4 is 68.5 Å². The van der Waals surface area contributed by atoms with Crippen molar-refractivity contribution in [1.29, 1.82) is 0 Å². The smallest absolute Gasteiger partial charge is 0.325 e. The van der Waals surface area contributed by atoms with Crippen LogP contribution in [0.2, 0.25) is 0 Å². The molecule has 0 bridgehead atoms. The van der Waals surface area contributed by atoms with Gasteiger partial charge in [-0.25, -0.2) is 9.78 Å². The van der Waals surface area contributed by atoms with Crippen LogP contribution < -0.4 is 21.2 Å². The SMILES string of the molecule is CN1C(=O)Cn2c(=O)n(CC(=O)Nc3ccc4c(c3)CC3(C4)C(=O)Nc4ncccc43)c3ccc(I)c1c32. The fourth-order valence-corrected chi connectivity index (χ4v) is 6.84. The number of hydrogen-bond acceptors (Lipinski definition) is 5. The van der Waals surface area contributed by atoms with Crippen LogP contribution in [-0.2, 0) is 45.7 Å². The normalized spacial score (nSPS) is 19.2. The molecule has 190 valence electrons. The highest BCUT2D eigenvalue weighted by atomic mass is 127. The summed E-state index contributed by atoms with van der Waals surface area (Å²) in [5, 5.41) is 5.81. The van der Waals surface area contributed by atoms with Gasteiger partial charge in [0.25, 0.3) is 0 Å². The Balaban J connectivity index is 1.17. The van der Waals surface area contributed by atoms with Gasteiger partial charge >= 0.3 is 5.69 Å². The van der Waals surface area contributed by atoms with E-state index in [1.54, 1.807) is 18.1 Å². The quantitative estimate of drug-likeness (QED) is 0.342. The van der Waals surface area contributed by atoms with Gasteiger partial charge in [0.2, 0.25) is 17.7 Å². The molecule has 0 fully saturated rings. The average Bonchev–Trinajstić information content (AvgIpc) is 3.49. The lowest BCUT2D eigenvalue weighted by atomic mass is 9.79. The van der Waals surface area contributed by atoms with Gasteiger partial charge in [0.05, 0.1) is 22.1 Å². The first-order valence-corrected chi connectivity index (χ1v) is 13.2. The molecule has 2 aliphatic heterocycles. The molecular weight excluding hydrogens is 599 g/mol. The van der Waals surface area contributed by atoms with Crippen LogP contribution in [0.4, 0.5) is 17.2 Å². The molecule has 4 aromatic rings. The number of carbonyl (C=O) groups excluding carboxylic acids is 3. The Hall–Kier alpha value is -4.00. The Morgan fingerprint density at radius 1 is 1.13 bits per heavy atom. The van der Waals surface area contributed by atoms with E-state index in [9.17, 15) is 19.2 Å². The first kappa shape index (κ1) is 23.1. The number of pyridine rings is 1. The van der Waals surface area contributed by atoms with Crippen molar-refractivity contribution in [1.82, 2.24) is 14.1 Å². The summed E-state index contributed by atoms with van der Waals surface area (Å²) in [4.78, 5) is 57.6. The zero-order chi connectivity index (χ0) is 26.3. The maximum absolute atomic E-state index is 13.2. The van der Waals surface area contributed by atoms with Gasteiger partial charge in [-0.1, -0.05) is 12.1 Å². The van der Waals surface area contributed by atoms with E-state index in [2.05, 4.69) is 38.2 Å². The predicted molar refractivity (Wildman–Crippen MR) is 149 cm³/mol. The number of nitrogens with one attached hydrogen (secondary N) is 2. The third kappa shape index (κ3) is 3.14. The van der Waals surface area contributed by atoms with Gasteiger partial charge in [-0.3, -0.25) is 23.5 Å². The number of amides is 3. The number of nitrogens with zero attached hydrogens (tertiary/aromatic N) is 4. The molecule has 2 aromatic carbocycles. The largest absolute Gasteiger partial charge is 0.330 e. The number of imidazole rings is 1. The van der Waals surface area contributed by atoms with Crippen molar-refractivity contribution in [3.05, 3.63) is 79.4 Å². The zero-order valence-corrected chi connectivity index (χ0v) is 22.4. The van der Waals surface area contributed by atoms with E-state index in [0.29, 0.717) is 41.1 Å². The maximum atomic E-state index is 13.2. The van der Waals surface area contributed by atoms with Crippen LogP contribution in [0.15, 0.2) is 53.5 Å². The van der Waals surface area contributed by atoms with Crippen molar-refractivity contribution in [2.75, 3.05) is 22.6 Å². The molecule has 10 nitrogen and oxygen atoms in total. The molecule has 1 spiro atoms. The Kier molecular flexibility index (Phi) is 4.87. The second kappa shape index (κ2) is 8.00. The first-order valence-electron chi connectivity index (χ1n) is 12.1. The topological polar surface area (TPSA) is 118 Å². The fraction of sp³-hybridized carbons (Fsp3) is 0.222. The molecule has 1 unspecified atom stereocenters. The van der Waals surface area contributed by atoms with Gasteiger partial charge in [-0.15, -0.1) is 0 Å². The van der Waals surface area contributed by atoms with Gasteiger partial charge < -0.3 is 15.5 Å². The van der Waals surface area contributed by atoms with Crippen molar-refractivity contribution in [2.45, 2.75) is 31.3 Å². The summed E-state index contributed by atoms with van der Waals surface area (Å²) in [7, 11) is 1.69. The number of aromatic nitrogens is 3. The molecule has 3 aliphatic rings. The molecule has 2 aromatic heterocycles. The van der Waals surface area contributed by atoms with Gasteiger partial charge in [0, 0.05) is 28.1 Å². The third-order valence-electron chi connectivity index (χ3n) is 7.87. The summed E-state index contributed by atoms with van der Waals surface area (Å²) in [6.07, 6.45) is 2.76. The standard InChI is InChI=1S/C27H21IN6O4/c1-32-21(36)13-34-23-19(7-6-18(28)22(23)32)33(26(34)38)12-20(35)30-16-5-4-14-10-27(11-15(14)9-16)17-3-2-8-29-24(17)31-25(27)37/h2-9H,10-13H2,1H3,(H,30,35)(H,29,31,37). The van der Waals surface area contributed by atoms with E-state index in [1.807, 2.05) is 42.5 Å². The molecule has 11 heteroatoms. The summed E-state index contributed by atoms with van der Waals surface area (Å²) in [6.45, 7) is -0.255. The summed E-state index contributed by atoms with van der Waals surface area (Å²) in [5.74, 6) is 0.0147. The summed E-state index contributed by atoms with van der Waals surface area (Å²) < 4.78 is 3.70. The van der Waals surface area contributed by atoms with E-state index in [-0.39, 0.29) is 30.8 Å². The number of rotatable bonds is 3. The number of halogens is 1. The van der Waals surface area contributed by atoms with Gasteiger partial charge in [0.15, 0.2) is 0 Å². The van der Waals surface area contributed by atoms with E-state index in [1.165, 1.54) is 9.13 Å². The van der Waals surface area contributed by atoms with Crippen LogP contribution in [0, 0.1) is 3.57 Å². The number of hydrogen-bond donors (Lipinski definition) is 2. The molecule has 38 heavy (non-hydrogen) atoms. The summed E-state index contributed by atoms with van der Waals surface area (Å²) >= 11 is 2.15. The van der Waals surface area contributed by atoms with Crippen LogP contribution in [0.5, 0.6) is 0 Å². The van der Waals surface area contributed by atoms with Crippen LogP contribution >= 0.6 is 22.6 Å². The predicted octanol–water partition coefficient (Wildman–Crippen LogP) is 2.41. The summed E-state index contributed by atoms with van der Waals surface area (Å²) in [6, 6.07) is 13.1. The highest BCUT2D eigenvalue weighted by molar-refractivity contribution is 14.1. The number of fused-ring (bicyclic) bond motifs is 3. The second-order valence-corrected chi connectivity index (χ2v) is 11.2. The van der Waals surface area contributed by atoms with E-state index in [0.717, 1.165) is 20.3 Å². The number of anilines is 3. The molecule has 7 rings (SSSR count). The van der Waals surface area contributed by atoms with Crippen LogP contribution in [0.25, 0.3) is 11.0 Å². The first-order chi connectivity index (χ1) is 18.3. The average molecular weight is 620 g/mol. The van der Waals surface area contributed by atoms with Gasteiger partial charge in [-0.2, -0.15) is 0 Å². The Morgan fingerprint density at radius 3 is 2.79 bits per heavy atom. The van der Waals surface area contributed by atoms with Crippen LogP contribution in [0.3, 0.4) is 0 Å². The molecule has 0 saturated heterocycles. The number of benzene rings is 2. The lowest BCUT2D eigenvalue weighted by Gasteiger charge is -2.25. The Bertz CT molecular complexity index is 1810. The molecule has 0 radical (unpaired) electrons. The molecular formula is C27H21IN6O4. The molecule has 1 atom stereocenters. The summed E-state index contributed by atoms with van der Waals surface area (Å²) in [5.41, 5.74) is 4.42. The monoisotopic (exact) mass is 620 g/mol. The number of carbonyl (C=O) groups is 3. The molecule has 1 aliphatic carbocycles. The molecule has 4 heterocycles. The molecule has 0 saturated carbocycles. The van der Waals surface area contributed by atoms with E-state index in [4.69, 9.17) is 0 Å². The van der Waals surface area contributed by atoms with E-state index < -0.39 is 11.1 Å². The highest BCUT2D eigenvalue weighted by Crippen LogP contribution is 2.47. The Morgan fingerprint density at radius 2 is 1.95 bits per heavy atom.